The molecule has 1 heterocycles. The standard InChI is InChI=1S/C32H24FNO2/c1-36-24-16-14-20-15-17-28(35)30(26(20)19-24)29(22-10-7-11-23(33)18-22)31-25-12-5-6-13-27(25)34-32(31)21-8-3-2-4-9-21/h2-19,29,34-35H,1H3/t29-/m0/s1. The van der Waals surface area contributed by atoms with Gasteiger partial charge in [-0.3, -0.25) is 0 Å². The Labute approximate surface area is 208 Å². The predicted molar refractivity (Wildman–Crippen MR) is 143 cm³/mol. The Kier molecular flexibility index (Phi) is 5.42. The number of para-hydroxylation sites is 1. The van der Waals surface area contributed by atoms with Crippen LogP contribution in [0.5, 0.6) is 11.5 Å². The average Bonchev–Trinajstić information content (AvgIpc) is 3.30. The van der Waals surface area contributed by atoms with Crippen LogP contribution in [0.25, 0.3) is 32.9 Å². The van der Waals surface area contributed by atoms with Gasteiger partial charge in [0.25, 0.3) is 0 Å². The number of H-pyrrole nitrogens is 1. The molecule has 1 aromatic heterocycles. The molecular formula is C32H24FNO2. The highest BCUT2D eigenvalue weighted by Crippen LogP contribution is 2.47. The summed E-state index contributed by atoms with van der Waals surface area (Å²) in [7, 11) is 1.63. The van der Waals surface area contributed by atoms with Gasteiger partial charge in [0.2, 0.25) is 0 Å². The van der Waals surface area contributed by atoms with Crippen molar-refractivity contribution in [2.24, 2.45) is 0 Å². The van der Waals surface area contributed by atoms with Crippen molar-refractivity contribution in [3.8, 4) is 22.8 Å². The van der Waals surface area contributed by atoms with Gasteiger partial charge in [-0.1, -0.05) is 72.8 Å². The van der Waals surface area contributed by atoms with Gasteiger partial charge in [0, 0.05) is 22.4 Å². The molecule has 0 saturated carbocycles. The second-order valence-electron chi connectivity index (χ2n) is 8.90. The summed E-state index contributed by atoms with van der Waals surface area (Å²) < 4.78 is 20.2. The number of hydrogen-bond acceptors (Lipinski definition) is 2. The lowest BCUT2D eigenvalue weighted by molar-refractivity contribution is 0.415. The van der Waals surface area contributed by atoms with Crippen molar-refractivity contribution in [3.05, 3.63) is 132 Å². The van der Waals surface area contributed by atoms with E-state index in [2.05, 4.69) is 23.2 Å². The number of fused-ring (bicyclic) bond motifs is 2. The molecule has 1 atom stereocenters. The van der Waals surface area contributed by atoms with Crippen LogP contribution in [0.4, 0.5) is 4.39 Å². The Morgan fingerprint density at radius 2 is 1.53 bits per heavy atom. The van der Waals surface area contributed by atoms with Gasteiger partial charge in [-0.25, -0.2) is 4.39 Å². The van der Waals surface area contributed by atoms with E-state index < -0.39 is 5.92 Å². The summed E-state index contributed by atoms with van der Waals surface area (Å²) in [6.45, 7) is 0. The smallest absolute Gasteiger partial charge is 0.123 e. The lowest BCUT2D eigenvalue weighted by Crippen LogP contribution is -2.06. The average molecular weight is 474 g/mol. The summed E-state index contributed by atoms with van der Waals surface area (Å²) in [6.07, 6.45) is 0. The van der Waals surface area contributed by atoms with E-state index in [1.165, 1.54) is 6.07 Å². The van der Waals surface area contributed by atoms with Crippen molar-refractivity contribution in [2.75, 3.05) is 7.11 Å². The Morgan fingerprint density at radius 3 is 2.33 bits per heavy atom. The third-order valence-corrected chi connectivity index (χ3v) is 6.82. The van der Waals surface area contributed by atoms with Crippen molar-refractivity contribution < 1.29 is 14.2 Å². The normalized spacial score (nSPS) is 12.2. The van der Waals surface area contributed by atoms with E-state index in [1.54, 1.807) is 25.3 Å². The zero-order valence-corrected chi connectivity index (χ0v) is 19.7. The van der Waals surface area contributed by atoms with E-state index in [9.17, 15) is 9.50 Å². The van der Waals surface area contributed by atoms with Gasteiger partial charge in [0.1, 0.15) is 17.3 Å². The van der Waals surface area contributed by atoms with Crippen LogP contribution in [0.1, 0.15) is 22.6 Å². The fraction of sp³-hybridized carbons (Fsp3) is 0.0625. The zero-order chi connectivity index (χ0) is 24.6. The van der Waals surface area contributed by atoms with Crippen LogP contribution in [0, 0.1) is 5.82 Å². The molecular weight excluding hydrogens is 449 g/mol. The van der Waals surface area contributed by atoms with Crippen molar-refractivity contribution >= 4 is 21.7 Å². The first-order valence-corrected chi connectivity index (χ1v) is 11.8. The molecule has 0 bridgehead atoms. The molecule has 0 fully saturated rings. The van der Waals surface area contributed by atoms with Gasteiger partial charge in [-0.05, 0) is 63.9 Å². The van der Waals surface area contributed by atoms with Gasteiger partial charge in [-0.15, -0.1) is 0 Å². The Balaban J connectivity index is 1.76. The van der Waals surface area contributed by atoms with Gasteiger partial charge >= 0.3 is 0 Å². The topological polar surface area (TPSA) is 45.2 Å². The molecule has 3 nitrogen and oxygen atoms in total. The van der Waals surface area contributed by atoms with Crippen molar-refractivity contribution in [2.45, 2.75) is 5.92 Å². The lowest BCUT2D eigenvalue weighted by Gasteiger charge is -2.23. The summed E-state index contributed by atoms with van der Waals surface area (Å²) >= 11 is 0. The zero-order valence-electron chi connectivity index (χ0n) is 19.7. The molecule has 6 rings (SSSR count). The van der Waals surface area contributed by atoms with Gasteiger partial charge < -0.3 is 14.8 Å². The quantitative estimate of drug-likeness (QED) is 0.266. The first kappa shape index (κ1) is 21.9. The Hall–Kier alpha value is -4.57. The van der Waals surface area contributed by atoms with Crippen LogP contribution in [0.2, 0.25) is 0 Å². The molecule has 6 aromatic rings. The number of aromatic amines is 1. The minimum Gasteiger partial charge on any atom is -0.508 e. The maximum Gasteiger partial charge on any atom is 0.123 e. The molecule has 4 heteroatoms. The molecule has 0 radical (unpaired) electrons. The fourth-order valence-corrected chi connectivity index (χ4v) is 5.20. The third-order valence-electron chi connectivity index (χ3n) is 6.82. The minimum atomic E-state index is -0.456. The highest BCUT2D eigenvalue weighted by atomic mass is 19.1. The highest BCUT2D eigenvalue weighted by molar-refractivity contribution is 5.96. The van der Waals surface area contributed by atoms with Crippen LogP contribution < -0.4 is 4.74 Å². The Bertz CT molecular complexity index is 1700. The van der Waals surface area contributed by atoms with E-state index >= 15 is 0 Å². The SMILES string of the molecule is COc1ccc2ccc(O)c([C@H](c3cccc(F)c3)c3c(-c4ccccc4)[nH]c4ccccc34)c2c1. The lowest BCUT2D eigenvalue weighted by atomic mass is 9.80. The van der Waals surface area contributed by atoms with Crippen molar-refractivity contribution in [1.29, 1.82) is 0 Å². The minimum absolute atomic E-state index is 0.148. The molecule has 0 amide bonds. The number of ether oxygens (including phenoxy) is 1. The largest absolute Gasteiger partial charge is 0.508 e. The molecule has 2 N–H and O–H groups in total. The molecule has 0 spiro atoms. The third kappa shape index (κ3) is 3.68. The van der Waals surface area contributed by atoms with E-state index in [0.29, 0.717) is 11.3 Å². The van der Waals surface area contributed by atoms with Gasteiger partial charge in [0.15, 0.2) is 0 Å². The molecule has 0 aliphatic carbocycles. The molecule has 0 unspecified atom stereocenters. The molecule has 5 aromatic carbocycles. The molecule has 0 aliphatic heterocycles. The van der Waals surface area contributed by atoms with Crippen LogP contribution in [-0.2, 0) is 0 Å². The predicted octanol–water partition coefficient (Wildman–Crippen LogP) is 8.02. The summed E-state index contributed by atoms with van der Waals surface area (Å²) in [5, 5.41) is 14.2. The second-order valence-corrected chi connectivity index (χ2v) is 8.90. The molecule has 36 heavy (non-hydrogen) atoms. The van der Waals surface area contributed by atoms with Crippen LogP contribution in [-0.4, -0.2) is 17.2 Å². The molecule has 0 saturated heterocycles. The number of nitrogens with one attached hydrogen (secondary N) is 1. The maximum atomic E-state index is 14.7. The number of phenolic OH excluding ortho intramolecular Hbond substituents is 1. The number of hydrogen-bond donors (Lipinski definition) is 2. The van der Waals surface area contributed by atoms with Crippen LogP contribution in [0.15, 0.2) is 109 Å². The maximum absolute atomic E-state index is 14.7. The summed E-state index contributed by atoms with van der Waals surface area (Å²) in [5.41, 5.74) is 5.37. The first-order valence-electron chi connectivity index (χ1n) is 11.8. The number of methoxy groups -OCH3 is 1. The number of aromatic nitrogens is 1. The number of aromatic hydroxyl groups is 1. The van der Waals surface area contributed by atoms with Gasteiger partial charge in [-0.2, -0.15) is 0 Å². The highest BCUT2D eigenvalue weighted by Gasteiger charge is 2.29. The number of benzene rings is 5. The summed E-state index contributed by atoms with van der Waals surface area (Å²) in [6, 6.07) is 34.3. The molecule has 0 aliphatic rings. The van der Waals surface area contributed by atoms with E-state index in [-0.39, 0.29) is 11.6 Å². The van der Waals surface area contributed by atoms with Crippen molar-refractivity contribution in [3.63, 3.8) is 0 Å². The summed E-state index contributed by atoms with van der Waals surface area (Å²) in [5.74, 6) is 0.0580. The van der Waals surface area contributed by atoms with Crippen LogP contribution in [0.3, 0.4) is 0 Å². The second kappa shape index (κ2) is 8.90. The van der Waals surface area contributed by atoms with Gasteiger partial charge in [0.05, 0.1) is 12.8 Å². The Morgan fingerprint density at radius 1 is 0.750 bits per heavy atom. The number of phenols is 1. The van der Waals surface area contributed by atoms with E-state index in [1.807, 2.05) is 66.7 Å². The fourth-order valence-electron chi connectivity index (χ4n) is 5.20. The van der Waals surface area contributed by atoms with E-state index in [4.69, 9.17) is 4.74 Å². The number of halogens is 1. The summed E-state index contributed by atoms with van der Waals surface area (Å²) in [4.78, 5) is 3.61. The van der Waals surface area contributed by atoms with Crippen molar-refractivity contribution in [1.82, 2.24) is 4.98 Å². The van der Waals surface area contributed by atoms with E-state index in [0.717, 1.165) is 44.1 Å². The monoisotopic (exact) mass is 473 g/mol. The van der Waals surface area contributed by atoms with Crippen LogP contribution >= 0.6 is 0 Å². The first-order chi connectivity index (χ1) is 17.6. The molecule has 176 valence electrons. The number of rotatable bonds is 5.